The van der Waals surface area contributed by atoms with Crippen LogP contribution in [0.3, 0.4) is 0 Å². The molecule has 11 aliphatic rings. The Morgan fingerprint density at radius 2 is 0.552 bits per heavy atom. The lowest BCUT2D eigenvalue weighted by atomic mass is 9.82. The van der Waals surface area contributed by atoms with Crippen molar-refractivity contribution in [3.63, 3.8) is 0 Å². The van der Waals surface area contributed by atoms with Crippen LogP contribution in [-0.2, 0) is 112 Å². The minimum atomic E-state index is -0.370. The van der Waals surface area contributed by atoms with Crippen molar-refractivity contribution in [2.45, 2.75) is 172 Å². The van der Waals surface area contributed by atoms with Crippen LogP contribution in [0.4, 0.5) is 11.4 Å². The first-order chi connectivity index (χ1) is 56.4. The minimum absolute atomic E-state index is 0.0206. The molecule has 0 radical (unpaired) electrons. The Balaban J connectivity index is 0.000000138. The average molecular weight is 1540 g/mol. The first-order valence-electron chi connectivity index (χ1n) is 43.6. The third-order valence-electron chi connectivity index (χ3n) is 29.8. The van der Waals surface area contributed by atoms with Gasteiger partial charge in [-0.3, -0.25) is 33.8 Å². The van der Waals surface area contributed by atoms with Crippen LogP contribution in [-0.4, -0.2) is 35.7 Å². The highest BCUT2D eigenvalue weighted by molar-refractivity contribution is 6.23. The van der Waals surface area contributed by atoms with Gasteiger partial charge in [0, 0.05) is 5.92 Å². The van der Waals surface area contributed by atoms with E-state index in [0.717, 1.165) is 119 Å². The van der Waals surface area contributed by atoms with Gasteiger partial charge >= 0.3 is 5.97 Å². The van der Waals surface area contributed by atoms with E-state index in [-0.39, 0.29) is 89.0 Å². The van der Waals surface area contributed by atoms with Crippen molar-refractivity contribution in [2.75, 3.05) is 9.80 Å². The van der Waals surface area contributed by atoms with Crippen molar-refractivity contribution in [1.29, 1.82) is 0 Å². The molecule has 2 heterocycles. The molecule has 0 spiro atoms. The largest absolute Gasteiger partial charge is 0.461 e. The Hall–Kier alpha value is -10.1. The number of imide groups is 2. The number of esters is 1. The first-order valence-corrected chi connectivity index (χ1v) is 43.6. The molecule has 0 aromatic heterocycles. The number of aryl methyl sites for hydroxylation is 12. The number of carbonyl (C=O) groups is 5. The molecule has 116 heavy (non-hydrogen) atoms. The molecule has 0 bridgehead atoms. The van der Waals surface area contributed by atoms with Crippen LogP contribution < -0.4 is 9.80 Å². The summed E-state index contributed by atoms with van der Waals surface area (Å²) in [6.45, 7) is 48.1. The number of carbonyl (C=O) groups excluding carboxylic acids is 5. The van der Waals surface area contributed by atoms with E-state index in [1.807, 2.05) is 72.9 Å². The zero-order chi connectivity index (χ0) is 81.2. The maximum absolute atomic E-state index is 13.6. The van der Waals surface area contributed by atoms with Crippen LogP contribution in [0.1, 0.15) is 171 Å². The SMILES string of the molecule is C=CC1CC(C=C)C(OC(=O)Cc2ccc3c(c2)CCc2ccc(C4CC(C=C)CC4C=C)cc2CC3)C1.C=CC1CC(C=C)C(c2ccc3c(c2)CCc2ccc(C4CC(C=C)CC4C=C)cc2CC3)C1.C=CC1CC(C=C)C2C(=O)N(c3ccc4c(c3)CCc3ccc(N5C(=O)C6C(C=C)CC(C=C)C6C5=O)cc3CC4)C(=O)C12. The van der Waals surface area contributed by atoms with Crippen LogP contribution in [0, 0.1) is 94.7 Å². The van der Waals surface area contributed by atoms with Gasteiger partial charge in [0.1, 0.15) is 6.10 Å². The van der Waals surface area contributed by atoms with Crippen molar-refractivity contribution in [1.82, 2.24) is 0 Å². The van der Waals surface area contributed by atoms with E-state index in [9.17, 15) is 24.0 Å². The maximum Gasteiger partial charge on any atom is 0.310 e. The summed E-state index contributed by atoms with van der Waals surface area (Å²) in [5, 5.41) is 0. The highest BCUT2D eigenvalue weighted by atomic mass is 16.5. The molecule has 8 nitrogen and oxygen atoms in total. The van der Waals surface area contributed by atoms with Crippen LogP contribution in [0.5, 0.6) is 0 Å². The number of allylic oxidation sites excluding steroid dienone is 11. The minimum Gasteiger partial charge on any atom is -0.461 e. The van der Waals surface area contributed by atoms with Crippen LogP contribution >= 0.6 is 0 Å². The zero-order valence-electron chi connectivity index (χ0n) is 68.5. The van der Waals surface area contributed by atoms with Gasteiger partial charge in [-0.25, -0.2) is 0 Å². The lowest BCUT2D eigenvalue weighted by Gasteiger charge is -2.23. The first kappa shape index (κ1) is 81.1. The second-order valence-corrected chi connectivity index (χ2v) is 35.8. The van der Waals surface area contributed by atoms with E-state index in [4.69, 9.17) is 4.74 Å². The number of amides is 4. The van der Waals surface area contributed by atoms with E-state index in [1.54, 1.807) is 22.3 Å². The fraction of sp³-hybridized carbons (Fsp3) is 0.398. The number of nitrogens with zero attached hydrogens (tertiary/aromatic N) is 2. The lowest BCUT2D eigenvalue weighted by molar-refractivity contribution is -0.149. The van der Waals surface area contributed by atoms with E-state index in [0.29, 0.717) is 77.0 Å². The number of hydrogen-bond acceptors (Lipinski definition) is 6. The van der Waals surface area contributed by atoms with Gasteiger partial charge in [-0.2, -0.15) is 0 Å². The molecule has 9 aliphatic carbocycles. The van der Waals surface area contributed by atoms with Crippen LogP contribution in [0.2, 0.25) is 0 Å². The predicted octanol–water partition coefficient (Wildman–Crippen LogP) is 22.2. The molecule has 20 atom stereocenters. The number of ether oxygens (including phenoxy) is 1. The Labute approximate surface area is 691 Å². The molecule has 6 saturated carbocycles. The number of fused-ring (bicyclic) bond motifs is 8. The van der Waals surface area contributed by atoms with Gasteiger partial charge in [0.25, 0.3) is 0 Å². The van der Waals surface area contributed by atoms with Gasteiger partial charge in [0.2, 0.25) is 23.6 Å². The average Bonchev–Trinajstić information content (AvgIpc) is 1.58. The second kappa shape index (κ2) is 35.4. The number of rotatable bonds is 20. The van der Waals surface area contributed by atoms with E-state index in [2.05, 4.69) is 188 Å². The van der Waals surface area contributed by atoms with Crippen molar-refractivity contribution < 1.29 is 28.7 Å². The summed E-state index contributed by atoms with van der Waals surface area (Å²) in [7, 11) is 0. The van der Waals surface area contributed by atoms with Crippen molar-refractivity contribution in [3.05, 3.63) is 350 Å². The van der Waals surface area contributed by atoms with Crippen molar-refractivity contribution >= 4 is 41.0 Å². The molecule has 8 fully saturated rings. The van der Waals surface area contributed by atoms with Gasteiger partial charge in [0.05, 0.1) is 41.5 Å². The normalized spacial score (nSPS) is 30.5. The topological polar surface area (TPSA) is 101 Å². The second-order valence-electron chi connectivity index (χ2n) is 35.8. The molecular formula is C108H120N2O6. The fourth-order valence-corrected chi connectivity index (χ4v) is 23.2. The summed E-state index contributed by atoms with van der Waals surface area (Å²) in [6.07, 6.45) is 46.6. The summed E-state index contributed by atoms with van der Waals surface area (Å²) in [5.41, 5.74) is 23.4. The van der Waals surface area contributed by atoms with E-state index in [1.165, 1.54) is 98.4 Å². The summed E-state index contributed by atoms with van der Waals surface area (Å²) >= 11 is 0. The molecule has 2 aliphatic heterocycles. The summed E-state index contributed by atoms with van der Waals surface area (Å²) < 4.78 is 5.90. The zero-order valence-corrected chi connectivity index (χ0v) is 68.5. The van der Waals surface area contributed by atoms with E-state index >= 15 is 0 Å². The number of anilines is 2. The van der Waals surface area contributed by atoms with Gasteiger partial charge in [-0.05, 0) is 337 Å². The summed E-state index contributed by atoms with van der Waals surface area (Å²) in [5.74, 6) is 3.65. The molecular weight excluding hydrogens is 1420 g/mol. The highest BCUT2D eigenvalue weighted by Crippen LogP contribution is 2.53. The molecule has 17 rings (SSSR count). The molecule has 20 unspecified atom stereocenters. The Kier molecular flexibility index (Phi) is 24.8. The summed E-state index contributed by atoms with van der Waals surface area (Å²) in [6, 6.07) is 40.5. The Bertz CT molecular complexity index is 4650. The van der Waals surface area contributed by atoms with E-state index < -0.39 is 0 Å². The molecule has 4 amide bonds. The number of hydrogen-bond donors (Lipinski definition) is 0. The third kappa shape index (κ3) is 16.1. The van der Waals surface area contributed by atoms with Crippen molar-refractivity contribution in [2.24, 2.45) is 94.7 Å². The maximum atomic E-state index is 13.6. The van der Waals surface area contributed by atoms with Crippen LogP contribution in [0.15, 0.2) is 261 Å². The monoisotopic (exact) mass is 1540 g/mol. The Morgan fingerprint density at radius 3 is 0.862 bits per heavy atom. The van der Waals surface area contributed by atoms with Gasteiger partial charge in [-0.15, -0.1) is 78.9 Å². The molecule has 0 N–H and O–H groups in total. The number of benzene rings is 6. The molecule has 6 aromatic rings. The third-order valence-corrected chi connectivity index (χ3v) is 29.8. The Morgan fingerprint density at radius 1 is 0.284 bits per heavy atom. The smallest absolute Gasteiger partial charge is 0.310 e. The van der Waals surface area contributed by atoms with Crippen molar-refractivity contribution in [3.8, 4) is 0 Å². The standard InChI is InChI=1S/C38H38N2O4.C36H42O2.C34H40/c1-5-21-17-22(6-2)32-31(21)35(41)39(36(32)42)29-15-13-25-10-12-28-20-30(16-14-26(28)9-11-27(25)19-29)40-37(43)33-23(7-3)18-24(8-4)34(33)38(40)44;1-5-24-17-27(7-3)34(20-24)33-16-13-30-11-14-31-19-26(9-10-29(31)12-15-32(30)23-33)22-36(37)38-35-21-25(6-2)18-28(35)8-4;1-5-23-17-25(7-3)33(19-23)31-15-11-27-10-14-30-22-32(16-12-28(30)9-13-29(27)21-31)34-20-24(6-2)18-26(34)8-4/h5-8,13-16,19-24,31-34H,1-4,9-12,17-18H2;5-10,13,16,19,23-25,27-28,34-35H,1-4,11-12,14-15,17-18,20-22H2;5-8,11-12,15-16,21-26,33-34H,1-4,9-10,13-14,17-20H2. The predicted molar refractivity (Wildman–Crippen MR) is 474 cm³/mol. The highest BCUT2D eigenvalue weighted by Gasteiger charge is 2.59. The van der Waals surface area contributed by atoms with Crippen LogP contribution in [0.25, 0.3) is 0 Å². The van der Waals surface area contributed by atoms with Gasteiger partial charge in [-0.1, -0.05) is 158 Å². The fourth-order valence-electron chi connectivity index (χ4n) is 23.2. The molecule has 6 aromatic carbocycles. The van der Waals surface area contributed by atoms with Gasteiger partial charge < -0.3 is 4.74 Å². The molecule has 8 heteroatoms. The molecule has 598 valence electrons. The lowest BCUT2D eigenvalue weighted by Crippen LogP contribution is -2.33. The quantitative estimate of drug-likeness (QED) is 0.0429. The van der Waals surface area contributed by atoms with Gasteiger partial charge in [0.15, 0.2) is 0 Å². The molecule has 2 saturated heterocycles. The summed E-state index contributed by atoms with van der Waals surface area (Å²) in [4.78, 5) is 69.9.